The van der Waals surface area contributed by atoms with Crippen LogP contribution in [0.3, 0.4) is 0 Å². The second-order valence-electron chi connectivity index (χ2n) is 6.56. The third-order valence-corrected chi connectivity index (χ3v) is 4.66. The zero-order valence-electron chi connectivity index (χ0n) is 15.1. The number of hydrogen-bond donors (Lipinski definition) is 2. The molecule has 2 aromatic rings. The predicted octanol–water partition coefficient (Wildman–Crippen LogP) is 2.37. The molecule has 27 heavy (non-hydrogen) atoms. The van der Waals surface area contributed by atoms with Gasteiger partial charge in [-0.1, -0.05) is 12.1 Å². The smallest absolute Gasteiger partial charge is 0.269 e. The second-order valence-corrected chi connectivity index (χ2v) is 6.56. The lowest BCUT2D eigenvalue weighted by molar-refractivity contribution is -0.384. The Morgan fingerprint density at radius 1 is 1.19 bits per heavy atom. The van der Waals surface area contributed by atoms with Gasteiger partial charge in [0, 0.05) is 44.0 Å². The molecule has 0 saturated carbocycles. The van der Waals surface area contributed by atoms with Crippen LogP contribution in [0.1, 0.15) is 5.56 Å². The number of para-hydroxylation sites is 2. The summed E-state index contributed by atoms with van der Waals surface area (Å²) in [5, 5.41) is 23.6. The second kappa shape index (κ2) is 8.05. The van der Waals surface area contributed by atoms with E-state index in [2.05, 4.69) is 10.2 Å². The number of anilines is 2. The Hall–Kier alpha value is -3.13. The van der Waals surface area contributed by atoms with E-state index in [1.54, 1.807) is 25.1 Å². The zero-order valence-corrected chi connectivity index (χ0v) is 15.1. The average molecular weight is 370 g/mol. The van der Waals surface area contributed by atoms with E-state index in [0.29, 0.717) is 24.3 Å². The van der Waals surface area contributed by atoms with Crippen LogP contribution < -0.4 is 10.2 Å². The number of rotatable bonds is 5. The summed E-state index contributed by atoms with van der Waals surface area (Å²) in [4.78, 5) is 26.8. The van der Waals surface area contributed by atoms with Crippen LogP contribution in [0.4, 0.5) is 17.1 Å². The first-order valence-corrected chi connectivity index (χ1v) is 8.74. The molecule has 1 fully saturated rings. The Balaban J connectivity index is 1.53. The van der Waals surface area contributed by atoms with E-state index < -0.39 is 4.92 Å². The molecule has 0 atom stereocenters. The molecule has 8 heteroatoms. The lowest BCUT2D eigenvalue weighted by Gasteiger charge is -2.35. The maximum atomic E-state index is 12.3. The molecule has 0 spiro atoms. The molecule has 0 bridgehead atoms. The first-order chi connectivity index (χ1) is 12.9. The van der Waals surface area contributed by atoms with E-state index in [-0.39, 0.29) is 23.9 Å². The molecule has 0 unspecified atom stereocenters. The number of phenolic OH excluding ortho intramolecular Hbond substituents is 1. The number of nitro groups is 1. The highest BCUT2D eigenvalue weighted by atomic mass is 16.6. The van der Waals surface area contributed by atoms with Crippen LogP contribution in [0, 0.1) is 17.0 Å². The number of aromatic hydroxyl groups is 1. The van der Waals surface area contributed by atoms with Gasteiger partial charge < -0.3 is 15.3 Å². The maximum Gasteiger partial charge on any atom is 0.269 e. The number of benzene rings is 2. The van der Waals surface area contributed by atoms with Crippen molar-refractivity contribution >= 4 is 23.0 Å². The summed E-state index contributed by atoms with van der Waals surface area (Å²) in [5.74, 6) is 0.111. The Bertz CT molecular complexity index is 847. The number of piperazine rings is 1. The lowest BCUT2D eigenvalue weighted by Crippen LogP contribution is -2.48. The molecule has 3 rings (SSSR count). The number of amides is 1. The molecule has 1 heterocycles. The third-order valence-electron chi connectivity index (χ3n) is 4.66. The van der Waals surface area contributed by atoms with Gasteiger partial charge in [-0.25, -0.2) is 0 Å². The summed E-state index contributed by atoms with van der Waals surface area (Å²) >= 11 is 0. The van der Waals surface area contributed by atoms with Crippen molar-refractivity contribution in [1.29, 1.82) is 0 Å². The first kappa shape index (κ1) is 18.7. The summed E-state index contributed by atoms with van der Waals surface area (Å²) in [6.45, 7) is 4.85. The minimum Gasteiger partial charge on any atom is -0.506 e. The Kier molecular flexibility index (Phi) is 5.56. The largest absolute Gasteiger partial charge is 0.506 e. The minimum absolute atomic E-state index is 0.00536. The number of carbonyl (C=O) groups is 1. The van der Waals surface area contributed by atoms with Crippen LogP contribution in [0.2, 0.25) is 0 Å². The van der Waals surface area contributed by atoms with Crippen LogP contribution in [-0.2, 0) is 4.79 Å². The topological polar surface area (TPSA) is 99.0 Å². The molecule has 142 valence electrons. The van der Waals surface area contributed by atoms with Gasteiger partial charge in [0.05, 0.1) is 17.2 Å². The van der Waals surface area contributed by atoms with Gasteiger partial charge in [0.2, 0.25) is 5.91 Å². The number of nitro benzene ring substituents is 1. The summed E-state index contributed by atoms with van der Waals surface area (Å²) in [6.07, 6.45) is 0. The van der Waals surface area contributed by atoms with Crippen LogP contribution in [0.15, 0.2) is 42.5 Å². The lowest BCUT2D eigenvalue weighted by atomic mass is 10.2. The van der Waals surface area contributed by atoms with E-state index in [1.165, 1.54) is 12.1 Å². The number of nitrogens with one attached hydrogen (secondary N) is 1. The number of phenols is 1. The number of carbonyl (C=O) groups excluding carboxylic acids is 1. The zero-order chi connectivity index (χ0) is 19.4. The molecule has 2 N–H and O–H groups in total. The van der Waals surface area contributed by atoms with Crippen LogP contribution in [0.5, 0.6) is 5.75 Å². The monoisotopic (exact) mass is 370 g/mol. The standard InChI is InChI=1S/C19H22N4O4/c1-14-12-15(23(26)27)6-7-16(14)20-19(25)13-21-8-10-22(11-9-21)17-4-2-3-5-18(17)24/h2-7,12,24H,8-11,13H2,1H3,(H,20,25). The molecule has 0 radical (unpaired) electrons. The molecular formula is C19H22N4O4. The van der Waals surface area contributed by atoms with E-state index in [9.17, 15) is 20.0 Å². The van der Waals surface area contributed by atoms with Crippen LogP contribution in [-0.4, -0.2) is 53.6 Å². The van der Waals surface area contributed by atoms with Crippen molar-refractivity contribution in [2.75, 3.05) is 42.9 Å². The maximum absolute atomic E-state index is 12.3. The fourth-order valence-corrected chi connectivity index (χ4v) is 3.17. The van der Waals surface area contributed by atoms with Gasteiger partial charge in [-0.3, -0.25) is 19.8 Å². The fraction of sp³-hybridized carbons (Fsp3) is 0.316. The van der Waals surface area contributed by atoms with Crippen molar-refractivity contribution in [3.8, 4) is 5.75 Å². The van der Waals surface area contributed by atoms with Crippen LogP contribution >= 0.6 is 0 Å². The average Bonchev–Trinajstić information content (AvgIpc) is 2.64. The minimum atomic E-state index is -0.456. The summed E-state index contributed by atoms with van der Waals surface area (Å²) in [6, 6.07) is 11.6. The van der Waals surface area contributed by atoms with E-state index in [1.807, 2.05) is 17.0 Å². The Morgan fingerprint density at radius 3 is 2.52 bits per heavy atom. The SMILES string of the molecule is Cc1cc([N+](=O)[O-])ccc1NC(=O)CN1CCN(c2ccccc2O)CC1. The van der Waals surface area contributed by atoms with Gasteiger partial charge in [0.1, 0.15) is 5.75 Å². The first-order valence-electron chi connectivity index (χ1n) is 8.74. The van der Waals surface area contributed by atoms with Gasteiger partial charge in [0.25, 0.3) is 5.69 Å². The van der Waals surface area contributed by atoms with E-state index in [4.69, 9.17) is 0 Å². The van der Waals surface area contributed by atoms with Gasteiger partial charge in [0.15, 0.2) is 0 Å². The van der Waals surface area contributed by atoms with Gasteiger partial charge in [-0.2, -0.15) is 0 Å². The molecule has 8 nitrogen and oxygen atoms in total. The molecule has 1 saturated heterocycles. The molecule has 0 aromatic heterocycles. The number of nitrogens with zero attached hydrogens (tertiary/aromatic N) is 3. The van der Waals surface area contributed by atoms with E-state index >= 15 is 0 Å². The predicted molar refractivity (Wildman–Crippen MR) is 103 cm³/mol. The van der Waals surface area contributed by atoms with Crippen molar-refractivity contribution in [3.63, 3.8) is 0 Å². The third kappa shape index (κ3) is 4.53. The van der Waals surface area contributed by atoms with Gasteiger partial charge in [-0.15, -0.1) is 0 Å². The van der Waals surface area contributed by atoms with E-state index in [0.717, 1.165) is 18.8 Å². The summed E-state index contributed by atoms with van der Waals surface area (Å²) < 4.78 is 0. The van der Waals surface area contributed by atoms with Gasteiger partial charge in [-0.05, 0) is 30.7 Å². The highest BCUT2D eigenvalue weighted by Gasteiger charge is 2.21. The molecule has 0 aliphatic carbocycles. The Morgan fingerprint density at radius 2 is 1.89 bits per heavy atom. The Labute approximate surface area is 157 Å². The normalized spacial score (nSPS) is 14.8. The number of aryl methyl sites for hydroxylation is 1. The summed E-state index contributed by atoms with van der Waals surface area (Å²) in [7, 11) is 0. The van der Waals surface area contributed by atoms with Crippen molar-refractivity contribution in [1.82, 2.24) is 4.90 Å². The number of non-ortho nitro benzene ring substituents is 1. The van der Waals surface area contributed by atoms with Crippen molar-refractivity contribution in [2.45, 2.75) is 6.92 Å². The van der Waals surface area contributed by atoms with Crippen LogP contribution in [0.25, 0.3) is 0 Å². The molecule has 1 amide bonds. The van der Waals surface area contributed by atoms with Crippen molar-refractivity contribution < 1.29 is 14.8 Å². The van der Waals surface area contributed by atoms with Gasteiger partial charge >= 0.3 is 0 Å². The molecule has 1 aliphatic heterocycles. The highest BCUT2D eigenvalue weighted by molar-refractivity contribution is 5.93. The van der Waals surface area contributed by atoms with Crippen molar-refractivity contribution in [3.05, 3.63) is 58.1 Å². The quantitative estimate of drug-likeness (QED) is 0.619. The molecule has 1 aliphatic rings. The highest BCUT2D eigenvalue weighted by Crippen LogP contribution is 2.27. The summed E-state index contributed by atoms with van der Waals surface area (Å²) in [5.41, 5.74) is 2.05. The number of hydrogen-bond acceptors (Lipinski definition) is 6. The van der Waals surface area contributed by atoms with Crippen molar-refractivity contribution in [2.24, 2.45) is 0 Å². The molecular weight excluding hydrogens is 348 g/mol. The fourth-order valence-electron chi connectivity index (χ4n) is 3.17. The molecule has 2 aromatic carbocycles.